The van der Waals surface area contributed by atoms with Gasteiger partial charge in [0.25, 0.3) is 0 Å². The molecule has 0 saturated carbocycles. The van der Waals surface area contributed by atoms with Crippen LogP contribution < -0.4 is 5.32 Å². The van der Waals surface area contributed by atoms with E-state index in [9.17, 15) is 19.8 Å². The van der Waals surface area contributed by atoms with Crippen molar-refractivity contribution < 1.29 is 24.5 Å². The number of hydrogen-bond acceptors (Lipinski definition) is 6. The molecule has 0 spiro atoms. The number of H-pyrrole nitrogens is 1. The van der Waals surface area contributed by atoms with Crippen LogP contribution in [0.5, 0.6) is 5.75 Å². The van der Waals surface area contributed by atoms with Crippen LogP contribution in [-0.4, -0.2) is 31.9 Å². The van der Waals surface area contributed by atoms with Gasteiger partial charge in [0.1, 0.15) is 11.4 Å². The second kappa shape index (κ2) is 6.58. The maximum Gasteiger partial charge on any atom is 0.345 e. The number of Topliss-reactive ketones (excluding diaryl/α,β-unsaturated/α-hetero) is 1. The summed E-state index contributed by atoms with van der Waals surface area (Å²) in [7, 11) is 0. The van der Waals surface area contributed by atoms with E-state index in [-0.39, 0.29) is 17.4 Å². The van der Waals surface area contributed by atoms with Crippen molar-refractivity contribution in [3.8, 4) is 5.75 Å². The number of nitrogens with one attached hydrogen (secondary N) is 2. The Morgan fingerprint density at radius 1 is 1.32 bits per heavy atom. The van der Waals surface area contributed by atoms with Crippen molar-refractivity contribution in [1.29, 1.82) is 0 Å². The van der Waals surface area contributed by atoms with Gasteiger partial charge in [-0.15, -0.1) is 0 Å². The number of carboxylic acid groups (broad SMARTS) is 1. The van der Waals surface area contributed by atoms with Gasteiger partial charge in [0.05, 0.1) is 0 Å². The number of rotatable bonds is 4. The van der Waals surface area contributed by atoms with Gasteiger partial charge in [-0.1, -0.05) is 0 Å². The van der Waals surface area contributed by atoms with Crippen LogP contribution in [0.15, 0.2) is 59.9 Å². The van der Waals surface area contributed by atoms with E-state index in [1.165, 1.54) is 18.2 Å². The Labute approximate surface area is 158 Å². The van der Waals surface area contributed by atoms with Gasteiger partial charge >= 0.3 is 5.97 Å². The van der Waals surface area contributed by atoms with E-state index in [4.69, 9.17) is 4.74 Å². The fraction of sp³-hybridized carbons (Fsp3) is 0.0500. The van der Waals surface area contributed by atoms with Crippen LogP contribution in [0.4, 0.5) is 5.69 Å². The van der Waals surface area contributed by atoms with Crippen molar-refractivity contribution in [1.82, 2.24) is 9.97 Å². The number of ketones is 1. The first-order chi connectivity index (χ1) is 13.4. The van der Waals surface area contributed by atoms with Crippen LogP contribution in [0.3, 0.4) is 0 Å². The number of hydrogen-bond donors (Lipinski definition) is 4. The molecule has 0 fully saturated rings. The average molecular weight is 377 g/mol. The third-order valence-electron chi connectivity index (χ3n) is 4.33. The lowest BCUT2D eigenvalue weighted by Crippen LogP contribution is -2.12. The molecule has 0 saturated heterocycles. The molecule has 0 unspecified atom stereocenters. The number of phenols is 1. The second-order valence-corrected chi connectivity index (χ2v) is 6.22. The zero-order chi connectivity index (χ0) is 19.8. The topological polar surface area (TPSA) is 125 Å². The second-order valence-electron chi connectivity index (χ2n) is 6.22. The molecule has 1 aliphatic rings. The number of aliphatic carboxylic acids is 1. The molecule has 0 atom stereocenters. The number of benzene rings is 1. The molecule has 2 aromatic heterocycles. The molecular weight excluding hydrogens is 362 g/mol. The van der Waals surface area contributed by atoms with Gasteiger partial charge in [0.2, 0.25) is 11.7 Å². The maximum absolute atomic E-state index is 12.6. The number of pyridine rings is 1. The quantitative estimate of drug-likeness (QED) is 0.313. The molecule has 140 valence electrons. The molecule has 4 rings (SSSR count). The highest BCUT2D eigenvalue weighted by Crippen LogP contribution is 2.31. The fourth-order valence-electron chi connectivity index (χ4n) is 2.96. The van der Waals surface area contributed by atoms with Gasteiger partial charge in [0.15, 0.2) is 11.3 Å². The van der Waals surface area contributed by atoms with Crippen LogP contribution in [0.1, 0.15) is 11.1 Å². The van der Waals surface area contributed by atoms with E-state index in [1.54, 1.807) is 31.5 Å². The molecule has 28 heavy (non-hydrogen) atoms. The lowest BCUT2D eigenvalue weighted by Gasteiger charge is -2.11. The molecule has 1 aliphatic heterocycles. The molecule has 3 aromatic rings. The van der Waals surface area contributed by atoms with E-state index < -0.39 is 17.3 Å². The number of aromatic amines is 1. The van der Waals surface area contributed by atoms with E-state index in [2.05, 4.69) is 15.3 Å². The Balaban J connectivity index is 1.71. The summed E-state index contributed by atoms with van der Waals surface area (Å²) in [6.45, 7) is 1.73. The number of anilines is 1. The number of nitrogens with zero attached hydrogens (tertiary/aromatic N) is 1. The summed E-state index contributed by atoms with van der Waals surface area (Å²) in [6.07, 6.45) is 4.78. The summed E-state index contributed by atoms with van der Waals surface area (Å²) in [4.78, 5) is 31.4. The zero-order valence-electron chi connectivity index (χ0n) is 14.7. The predicted octanol–water partition coefficient (Wildman–Crippen LogP) is 2.93. The number of aromatic nitrogens is 2. The van der Waals surface area contributed by atoms with Gasteiger partial charge in [-0.2, -0.15) is 0 Å². The molecule has 8 nitrogen and oxygen atoms in total. The van der Waals surface area contributed by atoms with Crippen LogP contribution in [0.2, 0.25) is 0 Å². The number of phenolic OH excluding ortho intramolecular Hbond substituents is 1. The summed E-state index contributed by atoms with van der Waals surface area (Å²) in [5.74, 6) is -2.33. The highest BCUT2D eigenvalue weighted by molar-refractivity contribution is 6.26. The monoisotopic (exact) mass is 377 g/mol. The van der Waals surface area contributed by atoms with Crippen LogP contribution in [0, 0.1) is 6.92 Å². The van der Waals surface area contributed by atoms with Crippen LogP contribution in [0.25, 0.3) is 17.1 Å². The lowest BCUT2D eigenvalue weighted by molar-refractivity contribution is -0.134. The number of carboxylic acids is 1. The minimum atomic E-state index is -1.40. The summed E-state index contributed by atoms with van der Waals surface area (Å²) in [5, 5.41) is 22.6. The van der Waals surface area contributed by atoms with Gasteiger partial charge in [-0.05, 0) is 48.9 Å². The molecule has 4 N–H and O–H groups in total. The summed E-state index contributed by atoms with van der Waals surface area (Å²) in [6, 6.07) is 8.11. The summed E-state index contributed by atoms with van der Waals surface area (Å²) in [5.41, 5.74) is 1.98. The number of carbonyl (C=O) groups is 2. The van der Waals surface area contributed by atoms with Crippen molar-refractivity contribution in [2.45, 2.75) is 6.92 Å². The van der Waals surface area contributed by atoms with Crippen molar-refractivity contribution in [2.24, 2.45) is 0 Å². The smallest absolute Gasteiger partial charge is 0.345 e. The van der Waals surface area contributed by atoms with Gasteiger partial charge < -0.3 is 25.3 Å². The zero-order valence-corrected chi connectivity index (χ0v) is 14.7. The highest BCUT2D eigenvalue weighted by Gasteiger charge is 2.36. The van der Waals surface area contributed by atoms with Crippen molar-refractivity contribution in [2.75, 3.05) is 5.32 Å². The molecule has 0 amide bonds. The summed E-state index contributed by atoms with van der Waals surface area (Å²) >= 11 is 0. The number of fused-ring (bicyclic) bond motifs is 1. The largest absolute Gasteiger partial charge is 0.508 e. The molecule has 0 radical (unpaired) electrons. The van der Waals surface area contributed by atoms with Gasteiger partial charge in [-0.25, -0.2) is 9.78 Å². The Kier molecular flexibility index (Phi) is 4.08. The molecule has 0 bridgehead atoms. The lowest BCUT2D eigenvalue weighted by atomic mass is 10.1. The molecular formula is C20H15N3O5. The fourth-order valence-corrected chi connectivity index (χ4v) is 2.96. The van der Waals surface area contributed by atoms with E-state index >= 15 is 0 Å². The first-order valence-electron chi connectivity index (χ1n) is 8.34. The molecule has 3 heterocycles. The minimum absolute atomic E-state index is 0.0763. The van der Waals surface area contributed by atoms with E-state index in [1.807, 2.05) is 6.07 Å². The number of ether oxygens (including phenoxy) is 1. The molecule has 0 aliphatic carbocycles. The Hall–Kier alpha value is -4.07. The first-order valence-corrected chi connectivity index (χ1v) is 8.34. The van der Waals surface area contributed by atoms with E-state index in [0.717, 1.165) is 5.39 Å². The molecule has 8 heteroatoms. The van der Waals surface area contributed by atoms with Crippen molar-refractivity contribution in [3.05, 3.63) is 71.1 Å². The number of carbonyl (C=O) groups excluding carboxylic acids is 1. The maximum atomic E-state index is 12.6. The number of aromatic hydroxyl groups is 1. The number of aryl methyl sites for hydroxylation is 1. The van der Waals surface area contributed by atoms with Gasteiger partial charge in [-0.3, -0.25) is 4.79 Å². The van der Waals surface area contributed by atoms with Crippen LogP contribution >= 0.6 is 0 Å². The van der Waals surface area contributed by atoms with Gasteiger partial charge in [0, 0.05) is 29.0 Å². The standard InChI is InChI=1S/C20H15N3O5/c1-10-7-12(24)4-5-14(10)23-19-16(20(26)27)17(25)15(28-19)8-11-9-22-18-13(11)3-2-6-21-18/h2-9,23-24H,1H3,(H,21,22)(H,26,27)/b15-8-. The van der Waals surface area contributed by atoms with Crippen molar-refractivity contribution in [3.63, 3.8) is 0 Å². The molecule has 1 aromatic carbocycles. The van der Waals surface area contributed by atoms with E-state index in [0.29, 0.717) is 22.5 Å². The highest BCUT2D eigenvalue weighted by atomic mass is 16.5. The Morgan fingerprint density at radius 2 is 2.14 bits per heavy atom. The van der Waals surface area contributed by atoms with Crippen molar-refractivity contribution >= 4 is 34.5 Å². The SMILES string of the molecule is Cc1cc(O)ccc1NC1=C(C(=O)O)C(=O)/C(=C/c2c[nH]c3ncccc23)O1. The Bertz CT molecular complexity index is 1190. The third-order valence-corrected chi connectivity index (χ3v) is 4.33. The summed E-state index contributed by atoms with van der Waals surface area (Å²) < 4.78 is 5.56. The van der Waals surface area contributed by atoms with Crippen LogP contribution in [-0.2, 0) is 14.3 Å². The first kappa shape index (κ1) is 17.3. The third kappa shape index (κ3) is 2.96. The predicted molar refractivity (Wildman–Crippen MR) is 101 cm³/mol. The average Bonchev–Trinajstić information content (AvgIpc) is 3.19. The number of allylic oxidation sites excluding steroid dienone is 1. The minimum Gasteiger partial charge on any atom is -0.508 e. The Morgan fingerprint density at radius 3 is 2.89 bits per heavy atom. The normalized spacial score (nSPS) is 15.3.